The van der Waals surface area contributed by atoms with Crippen LogP contribution in [0.2, 0.25) is 0 Å². The first-order valence-corrected chi connectivity index (χ1v) is 5.68. The van der Waals surface area contributed by atoms with Gasteiger partial charge >= 0.3 is 0 Å². The van der Waals surface area contributed by atoms with E-state index in [0.29, 0.717) is 11.1 Å². The predicted molar refractivity (Wildman–Crippen MR) is 66.6 cm³/mol. The molecule has 0 saturated carbocycles. The van der Waals surface area contributed by atoms with Gasteiger partial charge < -0.3 is 4.74 Å². The highest BCUT2D eigenvalue weighted by molar-refractivity contribution is 5.34. The Hall–Kier alpha value is -2.41. The minimum atomic E-state index is -0.480. The Bertz CT molecular complexity index is 647. The molecule has 2 rings (SSSR count). The Morgan fingerprint density at radius 2 is 2.00 bits per heavy atom. The normalized spacial score (nSPS) is 10.0. The summed E-state index contributed by atoms with van der Waals surface area (Å²) in [5.74, 6) is -0.867. The zero-order valence-electron chi connectivity index (χ0n) is 10.3. The lowest BCUT2D eigenvalue weighted by molar-refractivity contribution is 0.284. The molecule has 0 aromatic heterocycles. The van der Waals surface area contributed by atoms with Gasteiger partial charge in [-0.25, -0.2) is 8.78 Å². The van der Waals surface area contributed by atoms with Crippen LogP contribution in [0.3, 0.4) is 0 Å². The maximum absolute atomic E-state index is 13.7. The molecule has 19 heavy (non-hydrogen) atoms. The molecular weight excluding hydrogens is 248 g/mol. The van der Waals surface area contributed by atoms with E-state index in [1.165, 1.54) is 24.3 Å². The molecule has 0 aliphatic carbocycles. The van der Waals surface area contributed by atoms with Crippen LogP contribution >= 0.6 is 0 Å². The van der Waals surface area contributed by atoms with Crippen molar-refractivity contribution in [2.24, 2.45) is 0 Å². The fourth-order valence-electron chi connectivity index (χ4n) is 1.64. The van der Waals surface area contributed by atoms with Crippen LogP contribution in [0.1, 0.15) is 16.7 Å². The van der Waals surface area contributed by atoms with Gasteiger partial charge in [-0.05, 0) is 36.8 Å². The molecule has 0 amide bonds. The molecule has 4 heteroatoms. The summed E-state index contributed by atoms with van der Waals surface area (Å²) < 4.78 is 32.4. The first kappa shape index (κ1) is 13.0. The van der Waals surface area contributed by atoms with Gasteiger partial charge in [0.15, 0.2) is 11.6 Å². The molecule has 2 nitrogen and oxygen atoms in total. The summed E-state index contributed by atoms with van der Waals surface area (Å²) in [6.07, 6.45) is 0. The van der Waals surface area contributed by atoms with E-state index in [4.69, 9.17) is 10.00 Å². The van der Waals surface area contributed by atoms with E-state index in [1.807, 2.05) is 6.07 Å². The number of rotatable bonds is 3. The Kier molecular flexibility index (Phi) is 3.76. The molecule has 0 N–H and O–H groups in total. The number of hydrogen-bond acceptors (Lipinski definition) is 2. The van der Waals surface area contributed by atoms with Crippen LogP contribution in [0.25, 0.3) is 0 Å². The number of benzene rings is 2. The molecule has 0 bridgehead atoms. The fraction of sp³-hybridized carbons (Fsp3) is 0.133. The van der Waals surface area contributed by atoms with Crippen LogP contribution in [0, 0.1) is 29.9 Å². The van der Waals surface area contributed by atoms with Crippen molar-refractivity contribution in [1.82, 2.24) is 0 Å². The van der Waals surface area contributed by atoms with E-state index in [0.717, 1.165) is 0 Å². The van der Waals surface area contributed by atoms with E-state index in [1.54, 1.807) is 19.1 Å². The van der Waals surface area contributed by atoms with Gasteiger partial charge in [-0.2, -0.15) is 5.26 Å². The van der Waals surface area contributed by atoms with Crippen LogP contribution < -0.4 is 4.74 Å². The number of ether oxygens (including phenoxy) is 1. The van der Waals surface area contributed by atoms with Crippen molar-refractivity contribution in [2.75, 3.05) is 0 Å². The average Bonchev–Trinajstić information content (AvgIpc) is 2.42. The van der Waals surface area contributed by atoms with Gasteiger partial charge in [0, 0.05) is 5.56 Å². The van der Waals surface area contributed by atoms with Gasteiger partial charge in [-0.15, -0.1) is 0 Å². The highest BCUT2D eigenvalue weighted by Crippen LogP contribution is 2.21. The molecular formula is C15H11F2NO. The molecule has 0 radical (unpaired) electrons. The average molecular weight is 259 g/mol. The molecule has 0 aliphatic heterocycles. The van der Waals surface area contributed by atoms with Crippen molar-refractivity contribution in [3.8, 4) is 11.8 Å². The van der Waals surface area contributed by atoms with Crippen LogP contribution in [0.15, 0.2) is 36.4 Å². The summed E-state index contributed by atoms with van der Waals surface area (Å²) in [7, 11) is 0. The first-order chi connectivity index (χ1) is 9.11. The molecule has 0 aliphatic rings. The molecule has 0 fully saturated rings. The summed E-state index contributed by atoms with van der Waals surface area (Å²) in [4.78, 5) is 0. The van der Waals surface area contributed by atoms with Gasteiger partial charge in [0.25, 0.3) is 0 Å². The summed E-state index contributed by atoms with van der Waals surface area (Å²) >= 11 is 0. The van der Waals surface area contributed by atoms with Gasteiger partial charge in [-0.3, -0.25) is 0 Å². The summed E-state index contributed by atoms with van der Waals surface area (Å²) in [5, 5.41) is 8.75. The molecule has 2 aromatic carbocycles. The molecule has 0 heterocycles. The van der Waals surface area contributed by atoms with Crippen molar-refractivity contribution < 1.29 is 13.5 Å². The van der Waals surface area contributed by atoms with E-state index >= 15 is 0 Å². The minimum absolute atomic E-state index is 0.0711. The number of nitrogens with zero attached hydrogens (tertiary/aromatic N) is 1. The second-order valence-electron chi connectivity index (χ2n) is 4.09. The smallest absolute Gasteiger partial charge is 0.167 e. The fourth-order valence-corrected chi connectivity index (χ4v) is 1.64. The van der Waals surface area contributed by atoms with Crippen LogP contribution in [0.4, 0.5) is 8.78 Å². The van der Waals surface area contributed by atoms with Crippen molar-refractivity contribution in [3.63, 3.8) is 0 Å². The second kappa shape index (κ2) is 5.49. The van der Waals surface area contributed by atoms with E-state index in [9.17, 15) is 8.78 Å². The number of halogens is 2. The van der Waals surface area contributed by atoms with Crippen LogP contribution in [-0.4, -0.2) is 0 Å². The van der Waals surface area contributed by atoms with Crippen molar-refractivity contribution in [1.29, 1.82) is 5.26 Å². The van der Waals surface area contributed by atoms with Crippen LogP contribution in [0.5, 0.6) is 5.75 Å². The molecule has 0 saturated heterocycles. The zero-order chi connectivity index (χ0) is 13.8. The van der Waals surface area contributed by atoms with Crippen molar-refractivity contribution >= 4 is 0 Å². The van der Waals surface area contributed by atoms with Gasteiger partial charge in [0.1, 0.15) is 12.4 Å². The Morgan fingerprint density at radius 3 is 2.74 bits per heavy atom. The lowest BCUT2D eigenvalue weighted by Crippen LogP contribution is -2.01. The third kappa shape index (κ3) is 2.89. The molecule has 0 spiro atoms. The van der Waals surface area contributed by atoms with E-state index in [-0.39, 0.29) is 17.9 Å². The lowest BCUT2D eigenvalue weighted by Gasteiger charge is -2.09. The molecule has 96 valence electrons. The van der Waals surface area contributed by atoms with E-state index < -0.39 is 11.6 Å². The standard InChI is InChI=1S/C15H11F2NO/c1-10-3-2-4-14(15(10)17)19-9-12-7-11(8-18)5-6-13(12)16/h2-7H,9H2,1H3. The van der Waals surface area contributed by atoms with E-state index in [2.05, 4.69) is 0 Å². The SMILES string of the molecule is Cc1cccc(OCc2cc(C#N)ccc2F)c1F. The number of hydrogen-bond donors (Lipinski definition) is 0. The van der Waals surface area contributed by atoms with Gasteiger partial charge in [-0.1, -0.05) is 12.1 Å². The third-order valence-electron chi connectivity index (χ3n) is 2.71. The molecule has 0 unspecified atom stereocenters. The number of nitriles is 1. The van der Waals surface area contributed by atoms with Crippen molar-refractivity contribution in [2.45, 2.75) is 13.5 Å². The number of aryl methyl sites for hydroxylation is 1. The molecule has 0 atom stereocenters. The maximum atomic E-state index is 13.7. The Morgan fingerprint density at radius 1 is 1.21 bits per heavy atom. The van der Waals surface area contributed by atoms with Gasteiger partial charge in [0.05, 0.1) is 11.6 Å². The van der Waals surface area contributed by atoms with Gasteiger partial charge in [0.2, 0.25) is 0 Å². The Balaban J connectivity index is 2.19. The predicted octanol–water partition coefficient (Wildman–Crippen LogP) is 3.72. The zero-order valence-corrected chi connectivity index (χ0v) is 10.3. The Labute approximate surface area is 109 Å². The third-order valence-corrected chi connectivity index (χ3v) is 2.71. The van der Waals surface area contributed by atoms with Crippen molar-refractivity contribution in [3.05, 3.63) is 64.7 Å². The summed E-state index contributed by atoms with van der Waals surface area (Å²) in [5.41, 5.74) is 1.02. The largest absolute Gasteiger partial charge is 0.486 e. The van der Waals surface area contributed by atoms with Crippen LogP contribution in [-0.2, 0) is 6.61 Å². The second-order valence-corrected chi connectivity index (χ2v) is 4.09. The lowest BCUT2D eigenvalue weighted by atomic mass is 10.1. The molecule has 2 aromatic rings. The summed E-state index contributed by atoms with van der Waals surface area (Å²) in [6.45, 7) is 1.50. The first-order valence-electron chi connectivity index (χ1n) is 5.68. The minimum Gasteiger partial charge on any atom is -0.486 e. The maximum Gasteiger partial charge on any atom is 0.167 e. The monoisotopic (exact) mass is 259 g/mol. The topological polar surface area (TPSA) is 33.0 Å². The highest BCUT2D eigenvalue weighted by Gasteiger charge is 2.08. The quantitative estimate of drug-likeness (QED) is 0.841. The highest BCUT2D eigenvalue weighted by atomic mass is 19.1. The summed E-state index contributed by atoms with van der Waals surface area (Å²) in [6, 6.07) is 10.7.